The summed E-state index contributed by atoms with van der Waals surface area (Å²) in [7, 11) is 0. The molecule has 96 valence electrons. The van der Waals surface area contributed by atoms with Crippen molar-refractivity contribution in [3.8, 4) is 0 Å². The van der Waals surface area contributed by atoms with E-state index >= 15 is 0 Å². The van der Waals surface area contributed by atoms with Gasteiger partial charge in [0.1, 0.15) is 11.4 Å². The molecular weight excluding hydrogens is 233 g/mol. The van der Waals surface area contributed by atoms with Gasteiger partial charge in [-0.1, -0.05) is 24.3 Å². The zero-order chi connectivity index (χ0) is 13.0. The second-order valence-corrected chi connectivity index (χ2v) is 4.58. The summed E-state index contributed by atoms with van der Waals surface area (Å²) in [6.07, 6.45) is 6.04. The van der Waals surface area contributed by atoms with Gasteiger partial charge in [-0.3, -0.25) is 10.1 Å². The van der Waals surface area contributed by atoms with Gasteiger partial charge in [0.05, 0.1) is 0 Å². The van der Waals surface area contributed by atoms with E-state index in [1.807, 2.05) is 12.2 Å². The minimum Gasteiger partial charge on any atom is -0.480 e. The third-order valence-electron chi connectivity index (χ3n) is 3.36. The molecule has 0 amide bonds. The van der Waals surface area contributed by atoms with Gasteiger partial charge < -0.3 is 5.11 Å². The smallest absolute Gasteiger partial charge is 0.323 e. The lowest BCUT2D eigenvalue weighted by molar-refractivity contribution is -0.148. The topological polar surface area (TPSA) is 49.3 Å². The maximum Gasteiger partial charge on any atom is 0.323 e. The van der Waals surface area contributed by atoms with Crippen LogP contribution in [0.15, 0.2) is 30.3 Å². The lowest BCUT2D eigenvalue weighted by Gasteiger charge is -2.38. The summed E-state index contributed by atoms with van der Waals surface area (Å²) in [5.41, 5.74) is 0.170. The molecule has 4 heteroatoms. The normalized spacial score (nSPS) is 17.6. The Labute approximate surface area is 105 Å². The Balaban J connectivity index is 1.85. The fourth-order valence-corrected chi connectivity index (χ4v) is 2.02. The first-order valence-electron chi connectivity index (χ1n) is 6.03. The van der Waals surface area contributed by atoms with Gasteiger partial charge in [-0.2, -0.15) is 0 Å². The zero-order valence-electron chi connectivity index (χ0n) is 10.0. The van der Waals surface area contributed by atoms with E-state index in [4.69, 9.17) is 5.11 Å². The van der Waals surface area contributed by atoms with Gasteiger partial charge in [-0.05, 0) is 37.0 Å². The average Bonchev–Trinajstić information content (AvgIpc) is 2.29. The van der Waals surface area contributed by atoms with Gasteiger partial charge in [-0.25, -0.2) is 4.39 Å². The molecule has 2 N–H and O–H groups in total. The van der Waals surface area contributed by atoms with E-state index < -0.39 is 11.5 Å². The number of aliphatic carboxylic acids is 1. The highest BCUT2D eigenvalue weighted by Crippen LogP contribution is 2.31. The summed E-state index contributed by atoms with van der Waals surface area (Å²) >= 11 is 0. The van der Waals surface area contributed by atoms with Crippen LogP contribution in [0.4, 0.5) is 4.39 Å². The molecule has 0 spiro atoms. The number of hydrogen-bond acceptors (Lipinski definition) is 2. The highest BCUT2D eigenvalue weighted by molar-refractivity contribution is 5.80. The number of carbonyl (C=O) groups is 1. The molecule has 1 aromatic carbocycles. The lowest BCUT2D eigenvalue weighted by atomic mass is 9.77. The minimum atomic E-state index is -0.774. The Morgan fingerprint density at radius 3 is 2.56 bits per heavy atom. The standard InChI is InChI=1S/C14H16FNO2/c15-12-6-4-11(5-7-12)3-1-10-16-14(13(17)18)8-2-9-14/h1,3-7,16H,2,8-10H2,(H,17,18). The Hall–Kier alpha value is -1.68. The molecule has 0 heterocycles. The Morgan fingerprint density at radius 2 is 2.06 bits per heavy atom. The molecular formula is C14H16FNO2. The number of halogens is 1. The van der Waals surface area contributed by atoms with Crippen LogP contribution in [0.1, 0.15) is 24.8 Å². The van der Waals surface area contributed by atoms with Crippen molar-refractivity contribution in [3.05, 3.63) is 41.7 Å². The molecule has 18 heavy (non-hydrogen) atoms. The Bertz CT molecular complexity index is 449. The Morgan fingerprint density at radius 1 is 1.39 bits per heavy atom. The third-order valence-corrected chi connectivity index (χ3v) is 3.36. The predicted octanol–water partition coefficient (Wildman–Crippen LogP) is 2.44. The first kappa shape index (κ1) is 12.8. The van der Waals surface area contributed by atoms with Crippen LogP contribution in [0.25, 0.3) is 6.08 Å². The highest BCUT2D eigenvalue weighted by atomic mass is 19.1. The molecule has 0 bridgehead atoms. The molecule has 0 aromatic heterocycles. The molecule has 0 saturated heterocycles. The minimum absolute atomic E-state index is 0.260. The molecule has 0 radical (unpaired) electrons. The van der Waals surface area contributed by atoms with Crippen molar-refractivity contribution in [2.24, 2.45) is 0 Å². The predicted molar refractivity (Wildman–Crippen MR) is 67.7 cm³/mol. The van der Waals surface area contributed by atoms with Gasteiger partial charge in [0, 0.05) is 6.54 Å². The lowest BCUT2D eigenvalue weighted by Crippen LogP contribution is -2.57. The maximum atomic E-state index is 12.7. The summed E-state index contributed by atoms with van der Waals surface area (Å²) in [5.74, 6) is -1.03. The number of nitrogens with one attached hydrogen (secondary N) is 1. The van der Waals surface area contributed by atoms with Crippen LogP contribution in [-0.2, 0) is 4.79 Å². The molecule has 1 aliphatic carbocycles. The highest BCUT2D eigenvalue weighted by Gasteiger charge is 2.43. The largest absolute Gasteiger partial charge is 0.480 e. The van der Waals surface area contributed by atoms with Crippen molar-refractivity contribution in [1.29, 1.82) is 0 Å². The second-order valence-electron chi connectivity index (χ2n) is 4.58. The van der Waals surface area contributed by atoms with Gasteiger partial charge in [0.2, 0.25) is 0 Å². The third kappa shape index (κ3) is 2.76. The van der Waals surface area contributed by atoms with Crippen LogP contribution >= 0.6 is 0 Å². The van der Waals surface area contributed by atoms with E-state index in [2.05, 4.69) is 5.32 Å². The fraction of sp³-hybridized carbons (Fsp3) is 0.357. The SMILES string of the molecule is O=C(O)C1(NCC=Cc2ccc(F)cc2)CCC1. The molecule has 1 aliphatic rings. The van der Waals surface area contributed by atoms with Crippen LogP contribution in [0.2, 0.25) is 0 Å². The summed E-state index contributed by atoms with van der Waals surface area (Å²) in [5, 5.41) is 12.2. The summed E-state index contributed by atoms with van der Waals surface area (Å²) < 4.78 is 12.7. The maximum absolute atomic E-state index is 12.7. The van der Waals surface area contributed by atoms with E-state index in [-0.39, 0.29) is 5.82 Å². The van der Waals surface area contributed by atoms with Gasteiger partial charge in [0.25, 0.3) is 0 Å². The molecule has 3 nitrogen and oxygen atoms in total. The van der Waals surface area contributed by atoms with Crippen molar-refractivity contribution in [2.75, 3.05) is 6.54 Å². The van der Waals surface area contributed by atoms with Crippen LogP contribution in [-0.4, -0.2) is 23.2 Å². The number of carboxylic acid groups (broad SMARTS) is 1. The molecule has 1 saturated carbocycles. The van der Waals surface area contributed by atoms with Gasteiger partial charge >= 0.3 is 5.97 Å². The van der Waals surface area contributed by atoms with Crippen molar-refractivity contribution < 1.29 is 14.3 Å². The van der Waals surface area contributed by atoms with E-state index in [1.165, 1.54) is 12.1 Å². The molecule has 0 unspecified atom stereocenters. The summed E-state index contributed by atoms with van der Waals surface area (Å²) in [6.45, 7) is 0.504. The zero-order valence-corrected chi connectivity index (χ0v) is 10.0. The van der Waals surface area contributed by atoms with Crippen molar-refractivity contribution in [1.82, 2.24) is 5.32 Å². The Kier molecular flexibility index (Phi) is 3.77. The van der Waals surface area contributed by atoms with Crippen LogP contribution in [0.5, 0.6) is 0 Å². The van der Waals surface area contributed by atoms with Crippen LogP contribution < -0.4 is 5.32 Å². The first-order valence-corrected chi connectivity index (χ1v) is 6.03. The van der Waals surface area contributed by atoms with Crippen molar-refractivity contribution in [2.45, 2.75) is 24.8 Å². The molecule has 1 fully saturated rings. The van der Waals surface area contributed by atoms with E-state index in [9.17, 15) is 9.18 Å². The quantitative estimate of drug-likeness (QED) is 0.842. The first-order chi connectivity index (χ1) is 8.62. The van der Waals surface area contributed by atoms with Gasteiger partial charge in [-0.15, -0.1) is 0 Å². The number of carboxylic acids is 1. The van der Waals surface area contributed by atoms with E-state index in [0.717, 1.165) is 12.0 Å². The number of benzene rings is 1. The number of rotatable bonds is 5. The molecule has 1 aromatic rings. The fourth-order valence-electron chi connectivity index (χ4n) is 2.02. The molecule has 0 aliphatic heterocycles. The van der Waals surface area contributed by atoms with Gasteiger partial charge in [0.15, 0.2) is 0 Å². The van der Waals surface area contributed by atoms with Crippen LogP contribution in [0.3, 0.4) is 0 Å². The van der Waals surface area contributed by atoms with E-state index in [1.54, 1.807) is 12.1 Å². The summed E-state index contributed by atoms with van der Waals surface area (Å²) in [4.78, 5) is 11.1. The molecule has 0 atom stereocenters. The van der Waals surface area contributed by atoms with Crippen molar-refractivity contribution in [3.63, 3.8) is 0 Å². The molecule has 2 rings (SSSR count). The monoisotopic (exact) mass is 249 g/mol. The summed E-state index contributed by atoms with van der Waals surface area (Å²) in [6, 6.07) is 6.17. The number of hydrogen-bond donors (Lipinski definition) is 2. The second kappa shape index (κ2) is 5.31. The van der Waals surface area contributed by atoms with Crippen LogP contribution in [0, 0.1) is 5.82 Å². The van der Waals surface area contributed by atoms with E-state index in [0.29, 0.717) is 19.4 Å². The van der Waals surface area contributed by atoms with Crippen molar-refractivity contribution >= 4 is 12.0 Å². The average molecular weight is 249 g/mol.